The standard InChI is InChI=1S/C13H18F2/c14-2-1-12(15)13-6-9-3-10(7-13)5-11(4-9)8-13/h1-2,9-12H,3-8H2. The third-order valence-electron chi connectivity index (χ3n) is 4.91. The van der Waals surface area contributed by atoms with E-state index in [1.807, 2.05) is 0 Å². The zero-order valence-corrected chi connectivity index (χ0v) is 8.96. The van der Waals surface area contributed by atoms with Crippen molar-refractivity contribution < 1.29 is 8.78 Å². The molecular weight excluding hydrogens is 194 g/mol. The number of rotatable bonds is 2. The summed E-state index contributed by atoms with van der Waals surface area (Å²) in [6, 6.07) is 0. The van der Waals surface area contributed by atoms with Crippen molar-refractivity contribution >= 4 is 0 Å². The van der Waals surface area contributed by atoms with Gasteiger partial charge in [-0.1, -0.05) is 0 Å². The smallest absolute Gasteiger partial charge is 0.126 e. The summed E-state index contributed by atoms with van der Waals surface area (Å²) in [6.07, 6.45) is 7.42. The third kappa shape index (κ3) is 1.44. The van der Waals surface area contributed by atoms with Crippen LogP contribution in [0.15, 0.2) is 12.4 Å². The second-order valence-corrected chi connectivity index (χ2v) is 6.00. The summed E-state index contributed by atoms with van der Waals surface area (Å²) in [6.45, 7) is 0. The molecule has 0 aromatic heterocycles. The van der Waals surface area contributed by atoms with Crippen molar-refractivity contribution in [3.8, 4) is 0 Å². The van der Waals surface area contributed by atoms with E-state index in [1.54, 1.807) is 0 Å². The summed E-state index contributed by atoms with van der Waals surface area (Å²) in [4.78, 5) is 0. The minimum atomic E-state index is -1.05. The molecule has 0 nitrogen and oxygen atoms in total. The molecule has 4 aliphatic rings. The van der Waals surface area contributed by atoms with E-state index in [9.17, 15) is 8.78 Å². The van der Waals surface area contributed by atoms with Gasteiger partial charge in [0.05, 0.1) is 6.33 Å². The molecule has 0 aromatic carbocycles. The molecule has 0 spiro atoms. The lowest BCUT2D eigenvalue weighted by molar-refractivity contribution is -0.0833. The lowest BCUT2D eigenvalue weighted by Crippen LogP contribution is -2.50. The number of halogens is 2. The molecule has 0 aliphatic heterocycles. The van der Waals surface area contributed by atoms with Crippen LogP contribution < -0.4 is 0 Å². The lowest BCUT2D eigenvalue weighted by Gasteiger charge is -2.57. The van der Waals surface area contributed by atoms with Gasteiger partial charge in [0.25, 0.3) is 0 Å². The molecule has 4 bridgehead atoms. The quantitative estimate of drug-likeness (QED) is 0.648. The highest BCUT2D eigenvalue weighted by atomic mass is 19.1. The van der Waals surface area contributed by atoms with Crippen molar-refractivity contribution in [1.82, 2.24) is 0 Å². The number of hydrogen-bond acceptors (Lipinski definition) is 0. The van der Waals surface area contributed by atoms with E-state index in [4.69, 9.17) is 0 Å². The fourth-order valence-electron chi connectivity index (χ4n) is 4.78. The van der Waals surface area contributed by atoms with Crippen molar-refractivity contribution in [2.45, 2.75) is 44.7 Å². The zero-order valence-electron chi connectivity index (χ0n) is 8.96. The van der Waals surface area contributed by atoms with Gasteiger partial charge in [0, 0.05) is 5.41 Å². The molecule has 0 radical (unpaired) electrons. The highest BCUT2D eigenvalue weighted by Crippen LogP contribution is 2.61. The van der Waals surface area contributed by atoms with E-state index >= 15 is 0 Å². The van der Waals surface area contributed by atoms with Crippen LogP contribution in [0.5, 0.6) is 0 Å². The van der Waals surface area contributed by atoms with E-state index in [0.717, 1.165) is 43.1 Å². The molecule has 0 amide bonds. The van der Waals surface area contributed by atoms with Crippen LogP contribution in [0.4, 0.5) is 8.78 Å². The molecule has 0 aromatic rings. The van der Waals surface area contributed by atoms with Gasteiger partial charge in [-0.15, -0.1) is 0 Å². The third-order valence-corrected chi connectivity index (χ3v) is 4.91. The lowest BCUT2D eigenvalue weighted by atomic mass is 9.48. The second-order valence-electron chi connectivity index (χ2n) is 6.00. The maximum Gasteiger partial charge on any atom is 0.126 e. The van der Waals surface area contributed by atoms with Gasteiger partial charge in [0.2, 0.25) is 0 Å². The monoisotopic (exact) mass is 212 g/mol. The second kappa shape index (κ2) is 3.29. The fraction of sp³-hybridized carbons (Fsp3) is 0.846. The Balaban J connectivity index is 1.86. The maximum atomic E-state index is 14.0. The molecule has 1 unspecified atom stereocenters. The number of allylic oxidation sites excluding steroid dienone is 1. The van der Waals surface area contributed by atoms with Crippen LogP contribution in [-0.4, -0.2) is 6.17 Å². The van der Waals surface area contributed by atoms with Gasteiger partial charge >= 0.3 is 0 Å². The first-order valence-electron chi connectivity index (χ1n) is 6.13. The SMILES string of the molecule is FC=CC(F)C12CC3CC(CC(C3)C1)C2. The van der Waals surface area contributed by atoms with Gasteiger partial charge < -0.3 is 0 Å². The van der Waals surface area contributed by atoms with E-state index in [2.05, 4.69) is 0 Å². The van der Waals surface area contributed by atoms with Gasteiger partial charge in [-0.05, 0) is 62.4 Å². The van der Waals surface area contributed by atoms with Crippen LogP contribution in [0, 0.1) is 23.2 Å². The van der Waals surface area contributed by atoms with Crippen molar-refractivity contribution in [3.63, 3.8) is 0 Å². The Labute approximate surface area is 89.7 Å². The summed E-state index contributed by atoms with van der Waals surface area (Å²) < 4.78 is 26.1. The predicted molar refractivity (Wildman–Crippen MR) is 55.7 cm³/mol. The molecule has 1 atom stereocenters. The number of alkyl halides is 1. The first-order chi connectivity index (χ1) is 7.22. The molecule has 0 N–H and O–H groups in total. The molecule has 4 saturated carbocycles. The molecule has 15 heavy (non-hydrogen) atoms. The Morgan fingerprint density at radius 1 is 1.00 bits per heavy atom. The summed E-state index contributed by atoms with van der Waals surface area (Å²) in [5.41, 5.74) is -0.183. The molecule has 4 aliphatic carbocycles. The van der Waals surface area contributed by atoms with Gasteiger partial charge in [-0.25, -0.2) is 8.78 Å². The Morgan fingerprint density at radius 3 is 1.87 bits per heavy atom. The van der Waals surface area contributed by atoms with E-state index in [1.165, 1.54) is 19.3 Å². The Morgan fingerprint density at radius 2 is 1.47 bits per heavy atom. The van der Waals surface area contributed by atoms with Crippen molar-refractivity contribution in [2.75, 3.05) is 0 Å². The fourth-order valence-corrected chi connectivity index (χ4v) is 4.78. The van der Waals surface area contributed by atoms with Gasteiger partial charge in [0.15, 0.2) is 0 Å². The van der Waals surface area contributed by atoms with Gasteiger partial charge in [-0.2, -0.15) is 0 Å². The van der Waals surface area contributed by atoms with Crippen molar-refractivity contribution in [1.29, 1.82) is 0 Å². The highest BCUT2D eigenvalue weighted by molar-refractivity contribution is 5.08. The van der Waals surface area contributed by atoms with Crippen LogP contribution in [0.2, 0.25) is 0 Å². The van der Waals surface area contributed by atoms with E-state index in [0.29, 0.717) is 6.33 Å². The maximum absolute atomic E-state index is 14.0. The average molecular weight is 212 g/mol. The Kier molecular flexibility index (Phi) is 2.15. The molecule has 4 rings (SSSR count). The minimum absolute atomic E-state index is 0.183. The zero-order chi connectivity index (χ0) is 10.5. The summed E-state index contributed by atoms with van der Waals surface area (Å²) in [5.74, 6) is 2.22. The van der Waals surface area contributed by atoms with Crippen molar-refractivity contribution in [2.24, 2.45) is 23.2 Å². The first kappa shape index (κ1) is 9.80. The summed E-state index contributed by atoms with van der Waals surface area (Å²) >= 11 is 0. The molecule has 4 fully saturated rings. The van der Waals surface area contributed by atoms with Crippen LogP contribution in [0.1, 0.15) is 38.5 Å². The van der Waals surface area contributed by atoms with Crippen LogP contribution in [0.25, 0.3) is 0 Å². The van der Waals surface area contributed by atoms with Crippen LogP contribution in [-0.2, 0) is 0 Å². The molecule has 0 heterocycles. The minimum Gasteiger partial charge on any atom is -0.242 e. The summed E-state index contributed by atoms with van der Waals surface area (Å²) in [7, 11) is 0. The van der Waals surface area contributed by atoms with E-state index < -0.39 is 6.17 Å². The molecule has 84 valence electrons. The Hall–Kier alpha value is -0.400. The summed E-state index contributed by atoms with van der Waals surface area (Å²) in [5, 5.41) is 0. The highest BCUT2D eigenvalue weighted by Gasteiger charge is 2.54. The van der Waals surface area contributed by atoms with Gasteiger partial charge in [0.1, 0.15) is 6.17 Å². The Bertz CT molecular complexity index is 247. The van der Waals surface area contributed by atoms with Gasteiger partial charge in [-0.3, -0.25) is 0 Å². The van der Waals surface area contributed by atoms with Crippen molar-refractivity contribution in [3.05, 3.63) is 12.4 Å². The van der Waals surface area contributed by atoms with Crippen LogP contribution >= 0.6 is 0 Å². The average Bonchev–Trinajstić information content (AvgIpc) is 2.15. The van der Waals surface area contributed by atoms with Crippen LogP contribution in [0.3, 0.4) is 0 Å². The first-order valence-corrected chi connectivity index (χ1v) is 6.13. The molecule has 0 saturated heterocycles. The largest absolute Gasteiger partial charge is 0.242 e. The predicted octanol–water partition coefficient (Wildman–Crippen LogP) is 4.02. The molecular formula is C13H18F2. The topological polar surface area (TPSA) is 0 Å². The normalized spacial score (nSPS) is 50.1. The molecule has 2 heteroatoms. The number of hydrogen-bond donors (Lipinski definition) is 0. The van der Waals surface area contributed by atoms with E-state index in [-0.39, 0.29) is 5.41 Å².